The van der Waals surface area contributed by atoms with Crippen LogP contribution in [0.5, 0.6) is 0 Å². The summed E-state index contributed by atoms with van der Waals surface area (Å²) in [5, 5.41) is 3.08. The summed E-state index contributed by atoms with van der Waals surface area (Å²) in [5.41, 5.74) is 0.413. The molecule has 0 unspecified atom stereocenters. The summed E-state index contributed by atoms with van der Waals surface area (Å²) in [6.07, 6.45) is -1.27. The van der Waals surface area contributed by atoms with E-state index in [0.29, 0.717) is 17.1 Å². The lowest BCUT2D eigenvalue weighted by Crippen LogP contribution is -2.08. The molecular weight excluding hydrogens is 416 g/mol. The number of halogens is 4. The highest BCUT2D eigenvalue weighted by Gasteiger charge is 2.38. The molecule has 1 aromatic carbocycles. The van der Waals surface area contributed by atoms with Crippen LogP contribution in [0.25, 0.3) is 17.0 Å². The molecule has 30 heavy (non-hydrogen) atoms. The number of fused-ring (bicyclic) bond motifs is 1. The zero-order chi connectivity index (χ0) is 21.3. The van der Waals surface area contributed by atoms with Crippen molar-refractivity contribution in [2.45, 2.75) is 17.7 Å². The highest BCUT2D eigenvalue weighted by atomic mass is 32.2. The summed E-state index contributed by atoms with van der Waals surface area (Å²) in [7, 11) is 0. The lowest BCUT2D eigenvalue weighted by atomic mass is 10.2. The van der Waals surface area contributed by atoms with Crippen LogP contribution >= 0.6 is 11.8 Å². The highest BCUT2D eigenvalue weighted by molar-refractivity contribution is 7.98. The van der Waals surface area contributed by atoms with E-state index >= 15 is 0 Å². The minimum atomic E-state index is -4.63. The standard InChI is InChI=1S/C21H16F4N4S/c1-30-15-10-16(27-17(11-15)26-14-7-5-13(12-22)6-8-14)19-20(21(23,24)25)28-18-4-2-3-9-29(18)19/h2-11H,12H2,1H3,(H,26,27). The Morgan fingerprint density at radius 2 is 1.80 bits per heavy atom. The predicted octanol–water partition coefficient (Wildman–Crippen LogP) is 6.35. The van der Waals surface area contributed by atoms with Crippen LogP contribution in [0.3, 0.4) is 0 Å². The van der Waals surface area contributed by atoms with Crippen molar-refractivity contribution in [2.75, 3.05) is 11.6 Å². The van der Waals surface area contributed by atoms with E-state index in [1.54, 1.807) is 48.5 Å². The topological polar surface area (TPSA) is 42.2 Å². The van der Waals surface area contributed by atoms with Gasteiger partial charge in [0.1, 0.15) is 23.8 Å². The Morgan fingerprint density at radius 3 is 2.47 bits per heavy atom. The fraction of sp³-hybridized carbons (Fsp3) is 0.143. The van der Waals surface area contributed by atoms with Crippen LogP contribution in [-0.4, -0.2) is 20.6 Å². The fourth-order valence-corrected chi connectivity index (χ4v) is 3.53. The van der Waals surface area contributed by atoms with Crippen LogP contribution < -0.4 is 5.32 Å². The van der Waals surface area contributed by atoms with Gasteiger partial charge in [0.2, 0.25) is 0 Å². The van der Waals surface area contributed by atoms with Crippen LogP contribution in [0, 0.1) is 0 Å². The van der Waals surface area contributed by atoms with Gasteiger partial charge in [-0.15, -0.1) is 11.8 Å². The number of rotatable bonds is 5. The average molecular weight is 432 g/mol. The second-order valence-electron chi connectivity index (χ2n) is 6.47. The first-order valence-electron chi connectivity index (χ1n) is 8.91. The molecule has 4 rings (SSSR count). The van der Waals surface area contributed by atoms with Crippen molar-refractivity contribution >= 4 is 28.9 Å². The van der Waals surface area contributed by atoms with E-state index in [1.165, 1.54) is 28.4 Å². The van der Waals surface area contributed by atoms with Crippen molar-refractivity contribution in [1.29, 1.82) is 0 Å². The number of anilines is 2. The molecule has 0 atom stereocenters. The van der Waals surface area contributed by atoms with Crippen molar-refractivity contribution < 1.29 is 17.6 Å². The van der Waals surface area contributed by atoms with Gasteiger partial charge in [-0.3, -0.25) is 4.40 Å². The minimum absolute atomic E-state index is 0.121. The van der Waals surface area contributed by atoms with Crippen molar-refractivity contribution in [3.63, 3.8) is 0 Å². The first-order valence-corrected chi connectivity index (χ1v) is 10.1. The van der Waals surface area contributed by atoms with Crippen LogP contribution in [0.4, 0.5) is 29.1 Å². The molecule has 0 saturated carbocycles. The molecule has 0 spiro atoms. The van der Waals surface area contributed by atoms with Crippen molar-refractivity contribution in [1.82, 2.24) is 14.4 Å². The lowest BCUT2D eigenvalue weighted by molar-refractivity contribution is -0.140. The lowest BCUT2D eigenvalue weighted by Gasteiger charge is -2.12. The summed E-state index contributed by atoms with van der Waals surface area (Å²) in [6, 6.07) is 14.8. The van der Waals surface area contributed by atoms with Gasteiger partial charge in [-0.1, -0.05) is 18.2 Å². The third-order valence-corrected chi connectivity index (χ3v) is 5.16. The molecule has 3 aromatic heterocycles. The summed E-state index contributed by atoms with van der Waals surface area (Å²) in [6.45, 7) is -0.570. The molecule has 0 bridgehead atoms. The van der Waals surface area contributed by atoms with Gasteiger partial charge in [-0.2, -0.15) is 13.2 Å². The zero-order valence-corrected chi connectivity index (χ0v) is 16.6. The Bertz CT molecular complexity index is 1190. The van der Waals surface area contributed by atoms with Gasteiger partial charge in [0.15, 0.2) is 5.69 Å². The maximum absolute atomic E-state index is 13.7. The Balaban J connectivity index is 1.84. The number of benzene rings is 1. The summed E-state index contributed by atoms with van der Waals surface area (Å²) < 4.78 is 55.3. The third kappa shape index (κ3) is 3.97. The van der Waals surface area contributed by atoms with Crippen molar-refractivity contribution in [2.24, 2.45) is 0 Å². The fourth-order valence-electron chi connectivity index (χ4n) is 3.07. The minimum Gasteiger partial charge on any atom is -0.340 e. The van der Waals surface area contributed by atoms with Crippen molar-refractivity contribution in [3.8, 4) is 11.4 Å². The summed E-state index contributed by atoms with van der Waals surface area (Å²) in [5.74, 6) is 0.379. The maximum atomic E-state index is 13.7. The molecule has 1 N–H and O–H groups in total. The second-order valence-corrected chi connectivity index (χ2v) is 7.35. The van der Waals surface area contributed by atoms with Gasteiger partial charge in [-0.05, 0) is 48.2 Å². The highest BCUT2D eigenvalue weighted by Crippen LogP contribution is 2.38. The largest absolute Gasteiger partial charge is 0.435 e. The first kappa shape index (κ1) is 20.2. The number of thioether (sulfide) groups is 1. The van der Waals surface area contributed by atoms with Gasteiger partial charge >= 0.3 is 6.18 Å². The molecule has 4 nitrogen and oxygen atoms in total. The molecule has 0 amide bonds. The molecule has 0 saturated heterocycles. The molecule has 0 aliphatic carbocycles. The van der Waals surface area contributed by atoms with Gasteiger partial charge < -0.3 is 5.32 Å². The normalized spacial score (nSPS) is 11.8. The van der Waals surface area contributed by atoms with Crippen LogP contribution in [0.1, 0.15) is 11.3 Å². The second kappa shape index (κ2) is 7.98. The Morgan fingerprint density at radius 1 is 1.03 bits per heavy atom. The van der Waals surface area contributed by atoms with Gasteiger partial charge in [0.25, 0.3) is 0 Å². The van der Waals surface area contributed by atoms with Crippen LogP contribution in [-0.2, 0) is 12.9 Å². The molecule has 3 heterocycles. The Labute approximate surface area is 174 Å². The van der Waals surface area contributed by atoms with E-state index in [-0.39, 0.29) is 17.0 Å². The quantitative estimate of drug-likeness (QED) is 0.295. The molecule has 0 radical (unpaired) electrons. The van der Waals surface area contributed by atoms with E-state index in [4.69, 9.17) is 0 Å². The summed E-state index contributed by atoms with van der Waals surface area (Å²) >= 11 is 1.39. The molecule has 4 aromatic rings. The number of hydrogen-bond donors (Lipinski definition) is 1. The number of pyridine rings is 2. The SMILES string of the molecule is CSc1cc(Nc2ccc(CF)cc2)nc(-c2c(C(F)(F)F)nc3ccccn23)c1. The Hall–Kier alpha value is -3.07. The number of nitrogens with one attached hydrogen (secondary N) is 1. The number of aromatic nitrogens is 3. The average Bonchev–Trinajstić information content (AvgIpc) is 3.14. The number of imidazole rings is 1. The predicted molar refractivity (Wildman–Crippen MR) is 110 cm³/mol. The molecular formula is C21H16F4N4S. The van der Waals surface area contributed by atoms with E-state index in [9.17, 15) is 17.6 Å². The van der Waals surface area contributed by atoms with Crippen LogP contribution in [0.15, 0.2) is 65.7 Å². The molecule has 0 aliphatic heterocycles. The Kier molecular flexibility index (Phi) is 5.38. The zero-order valence-electron chi connectivity index (χ0n) is 15.7. The van der Waals surface area contributed by atoms with E-state index in [1.807, 2.05) is 6.26 Å². The van der Waals surface area contributed by atoms with E-state index < -0.39 is 18.5 Å². The molecule has 154 valence electrons. The van der Waals surface area contributed by atoms with Crippen LogP contribution in [0.2, 0.25) is 0 Å². The number of nitrogens with zero attached hydrogens (tertiary/aromatic N) is 3. The first-order chi connectivity index (χ1) is 14.4. The van der Waals surface area contributed by atoms with Crippen molar-refractivity contribution in [3.05, 3.63) is 72.1 Å². The van der Waals surface area contributed by atoms with Gasteiger partial charge in [-0.25, -0.2) is 14.4 Å². The van der Waals surface area contributed by atoms with E-state index in [0.717, 1.165) is 4.90 Å². The summed E-state index contributed by atoms with van der Waals surface area (Å²) in [4.78, 5) is 8.95. The third-order valence-electron chi connectivity index (χ3n) is 4.46. The van der Waals surface area contributed by atoms with Gasteiger partial charge in [0.05, 0.1) is 5.69 Å². The molecule has 0 fully saturated rings. The number of alkyl halides is 4. The number of hydrogen-bond acceptors (Lipinski definition) is 4. The molecule has 0 aliphatic rings. The monoisotopic (exact) mass is 432 g/mol. The molecule has 9 heteroatoms. The smallest absolute Gasteiger partial charge is 0.340 e. The maximum Gasteiger partial charge on any atom is 0.435 e. The van der Waals surface area contributed by atoms with Gasteiger partial charge in [0, 0.05) is 16.8 Å². The van der Waals surface area contributed by atoms with E-state index in [2.05, 4.69) is 15.3 Å².